The Bertz CT molecular complexity index is 1370. The molecule has 2 aliphatic heterocycles. The molecule has 0 saturated heterocycles. The number of rotatable bonds is 5. The average Bonchev–Trinajstić information content (AvgIpc) is 3.32. The number of nitrogens with one attached hydrogen (secondary N) is 1. The van der Waals surface area contributed by atoms with E-state index in [2.05, 4.69) is 5.32 Å². The van der Waals surface area contributed by atoms with Gasteiger partial charge in [-0.25, -0.2) is 4.90 Å². The lowest BCUT2D eigenvalue weighted by atomic mass is 9.92. The summed E-state index contributed by atoms with van der Waals surface area (Å²) < 4.78 is 10.7. The molecule has 8 heteroatoms. The molecule has 0 bridgehead atoms. The summed E-state index contributed by atoms with van der Waals surface area (Å²) in [4.78, 5) is 41.0. The molecule has 2 atom stereocenters. The maximum absolute atomic E-state index is 13.6. The van der Waals surface area contributed by atoms with Crippen molar-refractivity contribution >= 4 is 29.1 Å². The Balaban J connectivity index is 1.34. The third kappa shape index (κ3) is 4.15. The molecule has 1 unspecified atom stereocenters. The summed E-state index contributed by atoms with van der Waals surface area (Å²) in [5.74, 6) is -0.391. The number of anilines is 2. The highest BCUT2D eigenvalue weighted by atomic mass is 16.7. The molecule has 5 rings (SSSR count). The zero-order chi connectivity index (χ0) is 25.4. The van der Waals surface area contributed by atoms with Gasteiger partial charge in [0, 0.05) is 17.7 Å². The third-order valence-corrected chi connectivity index (χ3v) is 6.65. The summed E-state index contributed by atoms with van der Waals surface area (Å²) in [5, 5.41) is 2.75. The van der Waals surface area contributed by atoms with Crippen LogP contribution in [0.1, 0.15) is 37.3 Å². The first-order valence-corrected chi connectivity index (χ1v) is 11.9. The predicted molar refractivity (Wildman–Crippen MR) is 136 cm³/mol. The molecule has 184 valence electrons. The van der Waals surface area contributed by atoms with Crippen LogP contribution in [-0.4, -0.2) is 30.6 Å². The Labute approximate surface area is 209 Å². The fourth-order valence-electron chi connectivity index (χ4n) is 4.74. The van der Waals surface area contributed by atoms with E-state index in [9.17, 15) is 14.4 Å². The summed E-state index contributed by atoms with van der Waals surface area (Å²) in [6.45, 7) is 3.55. The molecule has 2 aliphatic rings. The topological polar surface area (TPSA) is 111 Å². The number of imide groups is 1. The molecule has 0 spiro atoms. The number of aryl methyl sites for hydroxylation is 1. The van der Waals surface area contributed by atoms with Gasteiger partial charge in [-0.15, -0.1) is 0 Å². The molecule has 8 nitrogen and oxygen atoms in total. The van der Waals surface area contributed by atoms with E-state index in [4.69, 9.17) is 15.2 Å². The van der Waals surface area contributed by atoms with Crippen LogP contribution in [0.4, 0.5) is 11.4 Å². The highest BCUT2D eigenvalue weighted by Crippen LogP contribution is 2.44. The van der Waals surface area contributed by atoms with Crippen LogP contribution in [0.15, 0.2) is 60.7 Å². The van der Waals surface area contributed by atoms with Gasteiger partial charge in [0.1, 0.15) is 6.04 Å². The number of hydrogen-bond acceptors (Lipinski definition) is 6. The number of ether oxygens (including phenoxy) is 2. The Morgan fingerprint density at radius 3 is 2.69 bits per heavy atom. The van der Waals surface area contributed by atoms with Gasteiger partial charge in [-0.2, -0.15) is 0 Å². The van der Waals surface area contributed by atoms with Gasteiger partial charge >= 0.3 is 0 Å². The molecule has 3 amide bonds. The lowest BCUT2D eigenvalue weighted by Crippen LogP contribution is -2.50. The molecule has 36 heavy (non-hydrogen) atoms. The second kappa shape index (κ2) is 9.37. The van der Waals surface area contributed by atoms with Crippen LogP contribution in [0, 0.1) is 0 Å². The Morgan fingerprint density at radius 1 is 1.08 bits per heavy atom. The Kier molecular flexibility index (Phi) is 6.10. The van der Waals surface area contributed by atoms with Crippen LogP contribution >= 0.6 is 0 Å². The first kappa shape index (κ1) is 23.4. The SMILES string of the molecule is CC1C(=O)N(C(=O)[C@H](C)NC(=O)CCc2ccc3c(c2)OCO3)c2cccc(N)c2-c2ccccc21. The molecule has 0 aliphatic carbocycles. The number of hydrogen-bond donors (Lipinski definition) is 2. The van der Waals surface area contributed by atoms with Crippen molar-refractivity contribution in [3.05, 3.63) is 71.8 Å². The van der Waals surface area contributed by atoms with Gasteiger partial charge in [0.05, 0.1) is 11.6 Å². The molecule has 0 saturated carbocycles. The zero-order valence-corrected chi connectivity index (χ0v) is 20.1. The van der Waals surface area contributed by atoms with Crippen molar-refractivity contribution in [3.8, 4) is 22.6 Å². The van der Waals surface area contributed by atoms with E-state index in [0.717, 1.165) is 16.7 Å². The van der Waals surface area contributed by atoms with Crippen LogP contribution in [0.5, 0.6) is 11.5 Å². The molecule has 3 N–H and O–H groups in total. The van der Waals surface area contributed by atoms with E-state index in [-0.39, 0.29) is 25.0 Å². The molecular formula is C28H27N3O5. The lowest BCUT2D eigenvalue weighted by molar-refractivity contribution is -0.131. The largest absolute Gasteiger partial charge is 0.454 e. The number of carbonyl (C=O) groups excluding carboxylic acids is 3. The van der Waals surface area contributed by atoms with Crippen molar-refractivity contribution in [1.82, 2.24) is 5.32 Å². The van der Waals surface area contributed by atoms with Gasteiger partial charge in [-0.05, 0) is 61.2 Å². The van der Waals surface area contributed by atoms with Crippen molar-refractivity contribution in [2.45, 2.75) is 38.6 Å². The first-order chi connectivity index (χ1) is 17.3. The van der Waals surface area contributed by atoms with Gasteiger partial charge < -0.3 is 20.5 Å². The van der Waals surface area contributed by atoms with Crippen LogP contribution in [0.2, 0.25) is 0 Å². The van der Waals surface area contributed by atoms with Crippen molar-refractivity contribution in [3.63, 3.8) is 0 Å². The summed E-state index contributed by atoms with van der Waals surface area (Å²) in [5.41, 5.74) is 10.4. The zero-order valence-electron chi connectivity index (χ0n) is 20.1. The van der Waals surface area contributed by atoms with Gasteiger partial charge in [0.2, 0.25) is 18.6 Å². The molecule has 0 aromatic heterocycles. The van der Waals surface area contributed by atoms with Crippen molar-refractivity contribution in [2.75, 3.05) is 17.4 Å². The van der Waals surface area contributed by atoms with Gasteiger partial charge in [0.15, 0.2) is 11.5 Å². The van der Waals surface area contributed by atoms with Gasteiger partial charge in [0.25, 0.3) is 5.91 Å². The number of carbonyl (C=O) groups is 3. The lowest BCUT2D eigenvalue weighted by Gasteiger charge is -2.26. The third-order valence-electron chi connectivity index (χ3n) is 6.65. The Hall–Kier alpha value is -4.33. The summed E-state index contributed by atoms with van der Waals surface area (Å²) in [6, 6.07) is 17.3. The Morgan fingerprint density at radius 2 is 1.86 bits per heavy atom. The fourth-order valence-corrected chi connectivity index (χ4v) is 4.74. The minimum Gasteiger partial charge on any atom is -0.454 e. The normalized spacial score (nSPS) is 16.6. The van der Waals surface area contributed by atoms with Crippen LogP contribution < -0.4 is 25.4 Å². The number of nitrogens with zero attached hydrogens (tertiary/aromatic N) is 1. The number of nitrogen functional groups attached to an aromatic ring is 1. The minimum absolute atomic E-state index is 0.177. The second-order valence-corrected chi connectivity index (χ2v) is 9.04. The van der Waals surface area contributed by atoms with E-state index >= 15 is 0 Å². The number of benzene rings is 3. The number of nitrogens with two attached hydrogens (primary N) is 1. The van der Waals surface area contributed by atoms with Crippen LogP contribution in [0.25, 0.3) is 11.1 Å². The maximum atomic E-state index is 13.6. The highest BCUT2D eigenvalue weighted by Gasteiger charge is 2.37. The number of fused-ring (bicyclic) bond motifs is 4. The minimum atomic E-state index is -0.916. The van der Waals surface area contributed by atoms with E-state index in [1.807, 2.05) is 42.5 Å². The maximum Gasteiger partial charge on any atom is 0.256 e. The molecule has 2 heterocycles. The van der Waals surface area contributed by atoms with Gasteiger partial charge in [-0.1, -0.05) is 36.4 Å². The van der Waals surface area contributed by atoms with Crippen molar-refractivity contribution < 1.29 is 23.9 Å². The van der Waals surface area contributed by atoms with Crippen LogP contribution in [-0.2, 0) is 20.8 Å². The smallest absolute Gasteiger partial charge is 0.256 e. The van der Waals surface area contributed by atoms with Gasteiger partial charge in [-0.3, -0.25) is 14.4 Å². The fraction of sp³-hybridized carbons (Fsp3) is 0.250. The molecule has 0 radical (unpaired) electrons. The monoisotopic (exact) mass is 485 g/mol. The molecule has 0 fully saturated rings. The molecule has 3 aromatic carbocycles. The average molecular weight is 486 g/mol. The quantitative estimate of drug-likeness (QED) is 0.532. The van der Waals surface area contributed by atoms with E-state index < -0.39 is 17.9 Å². The van der Waals surface area contributed by atoms with Crippen molar-refractivity contribution in [1.29, 1.82) is 0 Å². The molecular weight excluding hydrogens is 458 g/mol. The first-order valence-electron chi connectivity index (χ1n) is 11.9. The van der Waals surface area contributed by atoms with Crippen LogP contribution in [0.3, 0.4) is 0 Å². The second-order valence-electron chi connectivity index (χ2n) is 9.04. The van der Waals surface area contributed by atoms with E-state index in [1.165, 1.54) is 4.90 Å². The molecule has 3 aromatic rings. The summed E-state index contributed by atoms with van der Waals surface area (Å²) >= 11 is 0. The van der Waals surface area contributed by atoms with E-state index in [0.29, 0.717) is 34.9 Å². The number of amides is 3. The predicted octanol–water partition coefficient (Wildman–Crippen LogP) is 3.78. The van der Waals surface area contributed by atoms with Crippen molar-refractivity contribution in [2.24, 2.45) is 0 Å². The standard InChI is InChI=1S/C28H27N3O5/c1-16-19-6-3-4-7-20(19)26-21(29)8-5-9-22(26)31(27(16)33)28(34)17(2)30-25(32)13-11-18-10-12-23-24(14-18)36-15-35-23/h3-10,12,14,16-17H,11,13,15,29H2,1-2H3,(H,30,32)/t16?,17-/m0/s1. The van der Waals surface area contributed by atoms with E-state index in [1.54, 1.807) is 32.0 Å². The summed E-state index contributed by atoms with van der Waals surface area (Å²) in [6.07, 6.45) is 0.647. The summed E-state index contributed by atoms with van der Waals surface area (Å²) in [7, 11) is 0. The highest BCUT2D eigenvalue weighted by molar-refractivity contribution is 6.22.